The Morgan fingerprint density at radius 2 is 0.602 bits per heavy atom. The van der Waals surface area contributed by atoms with Gasteiger partial charge in [0.25, 0.3) is 0 Å². The van der Waals surface area contributed by atoms with Gasteiger partial charge in [-0.05, 0) is 56.8 Å². The summed E-state index contributed by atoms with van der Waals surface area (Å²) in [5, 5.41) is 10.6. The van der Waals surface area contributed by atoms with E-state index in [1.54, 1.807) is 0 Å². The molecule has 4 aliphatic carbocycles. The topological polar surface area (TPSA) is 0 Å². The Morgan fingerprint density at radius 1 is 0.316 bits per heavy atom. The molecular weight excluding hydrogens is 1380 g/mol. The zero-order chi connectivity index (χ0) is 67.8. The van der Waals surface area contributed by atoms with Crippen LogP contribution in [0.5, 0.6) is 0 Å². The van der Waals surface area contributed by atoms with Crippen molar-refractivity contribution >= 4 is 49.5 Å². The maximum absolute atomic E-state index is 3.67. The van der Waals surface area contributed by atoms with Gasteiger partial charge in [0.1, 0.15) is 0 Å². The van der Waals surface area contributed by atoms with Gasteiger partial charge in [0, 0.05) is 0 Å². The summed E-state index contributed by atoms with van der Waals surface area (Å²) < 4.78 is 2.83. The van der Waals surface area contributed by atoms with Gasteiger partial charge in [0.2, 0.25) is 0 Å². The summed E-state index contributed by atoms with van der Waals surface area (Å²) in [6.07, 6.45) is 22.1. The summed E-state index contributed by atoms with van der Waals surface area (Å²) in [6, 6.07) is 91.2. The van der Waals surface area contributed by atoms with Gasteiger partial charge in [0.15, 0.2) is 0 Å². The molecule has 16 rings (SSSR count). The molecular formula is C94H88Cl2Zr2-2. The fourth-order valence-corrected chi connectivity index (χ4v) is 14.9. The average Bonchev–Trinajstić information content (AvgIpc) is 1.56. The van der Waals surface area contributed by atoms with E-state index >= 15 is 0 Å². The second kappa shape index (κ2) is 32.8. The van der Waals surface area contributed by atoms with Crippen LogP contribution in [0.15, 0.2) is 267 Å². The van der Waals surface area contributed by atoms with Gasteiger partial charge >= 0.3 is 290 Å². The zero-order valence-electron chi connectivity index (χ0n) is 59.0. The summed E-state index contributed by atoms with van der Waals surface area (Å²) in [6.45, 7) is 27.2. The molecule has 12 aromatic rings. The molecule has 0 aliphatic heterocycles. The second-order valence-corrected chi connectivity index (χ2v) is 31.9. The molecule has 4 heteroatoms. The van der Waals surface area contributed by atoms with Crippen LogP contribution < -0.4 is 24.8 Å². The maximum atomic E-state index is 3.67. The van der Waals surface area contributed by atoms with Crippen molar-refractivity contribution in [3.8, 4) is 22.3 Å². The Labute approximate surface area is 627 Å². The van der Waals surface area contributed by atoms with Crippen molar-refractivity contribution in [1.82, 2.24) is 0 Å². The van der Waals surface area contributed by atoms with Gasteiger partial charge < -0.3 is 24.8 Å². The summed E-state index contributed by atoms with van der Waals surface area (Å²) >= 11 is 2.89. The third kappa shape index (κ3) is 18.0. The molecule has 488 valence electrons. The van der Waals surface area contributed by atoms with Crippen LogP contribution in [0.4, 0.5) is 0 Å². The summed E-state index contributed by atoms with van der Waals surface area (Å²) in [5.74, 6) is 0. The molecule has 98 heavy (non-hydrogen) atoms. The Balaban J connectivity index is 0.000000144. The van der Waals surface area contributed by atoms with Crippen LogP contribution in [0.1, 0.15) is 163 Å². The molecule has 12 aromatic carbocycles. The molecule has 0 bridgehead atoms. The van der Waals surface area contributed by atoms with Crippen LogP contribution in [-0.4, -0.2) is 6.41 Å². The predicted molar refractivity (Wildman–Crippen MR) is 407 cm³/mol. The van der Waals surface area contributed by atoms with Crippen molar-refractivity contribution < 1.29 is 73.3 Å². The first kappa shape index (κ1) is 74.9. The molecule has 0 radical (unpaired) electrons. The molecule has 0 heterocycles. The van der Waals surface area contributed by atoms with Gasteiger partial charge in [-0.15, -0.1) is 35.1 Å². The number of hydrogen-bond donors (Lipinski definition) is 0. The van der Waals surface area contributed by atoms with Gasteiger partial charge in [-0.25, -0.2) is 24.3 Å². The fourth-order valence-electron chi connectivity index (χ4n) is 12.8. The first-order chi connectivity index (χ1) is 46.0. The first-order valence-corrected chi connectivity index (χ1v) is 36.4. The minimum absolute atomic E-state index is 0. The predicted octanol–water partition coefficient (Wildman–Crippen LogP) is 18.1. The van der Waals surface area contributed by atoms with Crippen LogP contribution >= 0.6 is 0 Å². The van der Waals surface area contributed by atoms with Gasteiger partial charge in [-0.2, -0.15) is 59.7 Å². The molecule has 0 amide bonds. The van der Waals surface area contributed by atoms with Crippen molar-refractivity contribution in [3.63, 3.8) is 0 Å². The van der Waals surface area contributed by atoms with Crippen molar-refractivity contribution in [2.45, 2.75) is 130 Å². The van der Waals surface area contributed by atoms with Crippen LogP contribution in [0, 0.1) is 24.3 Å². The summed E-state index contributed by atoms with van der Waals surface area (Å²) in [4.78, 5) is 0. The molecule has 0 unspecified atom stereocenters. The van der Waals surface area contributed by atoms with Crippen molar-refractivity contribution in [3.05, 3.63) is 358 Å². The van der Waals surface area contributed by atoms with E-state index in [0.29, 0.717) is 0 Å². The average molecular weight is 1470 g/mol. The van der Waals surface area contributed by atoms with Crippen LogP contribution in [-0.2, 0) is 83.0 Å². The van der Waals surface area contributed by atoms with Gasteiger partial charge in [-0.1, -0.05) is 131 Å². The van der Waals surface area contributed by atoms with E-state index in [4.69, 9.17) is 0 Å². The second-order valence-electron chi connectivity index (χ2n) is 29.5. The number of hydrogen-bond acceptors (Lipinski definition) is 0. The van der Waals surface area contributed by atoms with Gasteiger partial charge in [0.05, 0.1) is 0 Å². The van der Waals surface area contributed by atoms with E-state index in [0.717, 1.165) is 25.7 Å². The van der Waals surface area contributed by atoms with Crippen LogP contribution in [0.2, 0.25) is 0 Å². The van der Waals surface area contributed by atoms with E-state index in [1.807, 2.05) is 24.3 Å². The van der Waals surface area contributed by atoms with Crippen LogP contribution in [0.25, 0.3) is 65.3 Å². The summed E-state index contributed by atoms with van der Waals surface area (Å²) in [7, 11) is 0. The molecule has 0 saturated carbocycles. The Hall–Kier alpha value is -7.27. The first-order valence-electron chi connectivity index (χ1n) is 33.9. The number of fused-ring (bicyclic) bond motifs is 10. The monoisotopic (exact) mass is 1470 g/mol. The molecule has 4 aliphatic rings. The summed E-state index contributed by atoms with van der Waals surface area (Å²) in [5.41, 5.74) is 22.8. The number of rotatable bonds is 4. The molecule has 0 N–H and O–H groups in total. The Morgan fingerprint density at radius 3 is 0.857 bits per heavy atom. The Kier molecular flexibility index (Phi) is 25.1. The molecule has 0 nitrogen and oxygen atoms in total. The van der Waals surface area contributed by atoms with Gasteiger partial charge in [-0.3, -0.25) is 12.2 Å². The number of allylic oxidation sites excluding steroid dienone is 8. The van der Waals surface area contributed by atoms with Crippen molar-refractivity contribution in [1.29, 1.82) is 0 Å². The number of benzene rings is 12. The molecule has 0 atom stereocenters. The van der Waals surface area contributed by atoms with E-state index in [-0.39, 0.29) is 46.5 Å². The fraction of sp³-hybridized carbons (Fsp3) is 0.213. The molecule has 0 saturated heterocycles. The van der Waals surface area contributed by atoms with Crippen molar-refractivity contribution in [2.75, 3.05) is 0 Å². The standard InChI is InChI=1S/2C21H14.2C21H25.2C5H5.2ClH.2Zr/c2*1-3-13-20-16(7-1)9-5-11-18(20)15-19-12-6-10-17-8-2-4-14-21(17)19;2*1-20(2,3)16-7-9-18-14(12-16)11-15-13-17(21(4,5)6)8-10-19(15)18;2*1-2-4-5-3-1;;;;/h2*1-14H;2*7-10,12H,11H2,1-6H3;2*1-3H,4H2;2*1H;;/q;;4*-1;;;2*+2/p-2. The Bertz CT molecular complexity index is 4320. The van der Waals surface area contributed by atoms with Crippen LogP contribution in [0.3, 0.4) is 0 Å². The van der Waals surface area contributed by atoms with E-state index < -0.39 is 0 Å². The third-order valence-electron chi connectivity index (χ3n) is 18.3. The molecule has 0 aromatic heterocycles. The molecule has 0 fully saturated rings. The third-order valence-corrected chi connectivity index (χ3v) is 21.0. The normalized spacial score (nSPS) is 12.7. The minimum atomic E-state index is 0. The van der Waals surface area contributed by atoms with E-state index in [9.17, 15) is 0 Å². The SMILES string of the molecule is CC(C)(C)c1[c-]c2c(cc1)-c1ccc(C(C)(C)C)cc1C2.CC(C)(C)c1[c-]c2c(cc1)-c1ccc(C(C)(C)C)cc1C2.[C-]1=CC=CC1.[C-]1=CC=CC1.[Cl-].[Cl-].[Zr+2]=[C](c1cccc2ccccc12)c1cccc2ccccc12.[Zr+2]=[C](c1cccc2ccccc12)c1cccc2ccccc12. The quantitative estimate of drug-likeness (QED) is 0.154. The van der Waals surface area contributed by atoms with Crippen molar-refractivity contribution in [2.24, 2.45) is 0 Å². The number of halogens is 2. The van der Waals surface area contributed by atoms with E-state index in [2.05, 4.69) is 350 Å². The van der Waals surface area contributed by atoms with E-state index in [1.165, 1.54) is 187 Å². The zero-order valence-corrected chi connectivity index (χ0v) is 65.4. The molecule has 0 spiro atoms.